The van der Waals surface area contributed by atoms with Crippen LogP contribution in [0.3, 0.4) is 0 Å². The van der Waals surface area contributed by atoms with Gasteiger partial charge in [-0.2, -0.15) is 0 Å². The molecule has 0 saturated heterocycles. The maximum Gasteiger partial charge on any atom is 0.243 e. The predicted molar refractivity (Wildman–Crippen MR) is 99.8 cm³/mol. The minimum absolute atomic E-state index is 0.0921. The number of anilines is 2. The zero-order chi connectivity index (χ0) is 17.5. The van der Waals surface area contributed by atoms with Gasteiger partial charge in [-0.05, 0) is 62.2 Å². The second kappa shape index (κ2) is 8.20. The zero-order valence-electron chi connectivity index (χ0n) is 14.5. The number of hydrogen-bond donors (Lipinski definition) is 2. The molecule has 0 aliphatic heterocycles. The normalized spacial score (nSPS) is 10.1. The Labute approximate surface area is 143 Å². The molecule has 0 bridgehead atoms. The van der Waals surface area contributed by atoms with E-state index < -0.39 is 0 Å². The summed E-state index contributed by atoms with van der Waals surface area (Å²) in [7, 11) is 0. The summed E-state index contributed by atoms with van der Waals surface area (Å²) in [6.45, 7) is 10.5. The smallest absolute Gasteiger partial charge is 0.243 e. The lowest BCUT2D eigenvalue weighted by Crippen LogP contribution is -2.22. The highest BCUT2D eigenvalue weighted by atomic mass is 16.5. The molecule has 126 valence electrons. The summed E-state index contributed by atoms with van der Waals surface area (Å²) in [5.41, 5.74) is 5.01. The molecule has 0 aromatic heterocycles. The number of carbonyl (C=O) groups is 1. The number of nitrogens with one attached hydrogen (secondary N) is 2. The van der Waals surface area contributed by atoms with Gasteiger partial charge in [-0.3, -0.25) is 4.79 Å². The van der Waals surface area contributed by atoms with Crippen LogP contribution in [0.25, 0.3) is 0 Å². The van der Waals surface area contributed by atoms with E-state index in [-0.39, 0.29) is 12.5 Å². The second-order valence-electron chi connectivity index (χ2n) is 5.99. The summed E-state index contributed by atoms with van der Waals surface area (Å²) in [5.74, 6) is 0.662. The van der Waals surface area contributed by atoms with Gasteiger partial charge in [0.15, 0.2) is 0 Å². The molecule has 0 heterocycles. The molecule has 0 aliphatic rings. The first kappa shape index (κ1) is 17.6. The molecule has 4 heteroatoms. The molecular weight excluding hydrogens is 300 g/mol. The van der Waals surface area contributed by atoms with Crippen LogP contribution in [0, 0.1) is 13.8 Å². The van der Waals surface area contributed by atoms with Gasteiger partial charge in [-0.25, -0.2) is 0 Å². The topological polar surface area (TPSA) is 50.4 Å². The van der Waals surface area contributed by atoms with E-state index in [2.05, 4.69) is 23.3 Å². The lowest BCUT2D eigenvalue weighted by Gasteiger charge is -2.11. The van der Waals surface area contributed by atoms with E-state index in [0.29, 0.717) is 6.61 Å². The van der Waals surface area contributed by atoms with Crippen molar-refractivity contribution in [3.63, 3.8) is 0 Å². The Hall–Kier alpha value is -2.75. The summed E-state index contributed by atoms with van der Waals surface area (Å²) in [5, 5.41) is 6.02. The average Bonchev–Trinajstić information content (AvgIpc) is 2.53. The highest BCUT2D eigenvalue weighted by Gasteiger charge is 2.04. The van der Waals surface area contributed by atoms with Crippen LogP contribution in [0.1, 0.15) is 18.1 Å². The fraction of sp³-hybridized carbons (Fsp3) is 0.250. The van der Waals surface area contributed by atoms with Crippen LogP contribution < -0.4 is 15.4 Å². The van der Waals surface area contributed by atoms with Gasteiger partial charge >= 0.3 is 0 Å². The molecule has 0 saturated carbocycles. The van der Waals surface area contributed by atoms with E-state index in [0.717, 1.165) is 28.3 Å². The van der Waals surface area contributed by atoms with Crippen molar-refractivity contribution in [3.05, 3.63) is 65.7 Å². The van der Waals surface area contributed by atoms with Gasteiger partial charge in [0.05, 0.1) is 6.54 Å². The average molecular weight is 324 g/mol. The Morgan fingerprint density at radius 2 is 1.83 bits per heavy atom. The van der Waals surface area contributed by atoms with E-state index >= 15 is 0 Å². The van der Waals surface area contributed by atoms with Crippen molar-refractivity contribution in [2.75, 3.05) is 23.8 Å². The lowest BCUT2D eigenvalue weighted by molar-refractivity contribution is -0.114. The Balaban J connectivity index is 1.84. The standard InChI is InChI=1S/C20H24N2O2/c1-14(2)13-24-18-8-6-17(7-9-18)22-20(23)12-21-19-10-5-15(3)11-16(19)4/h5-11,21H,1,12-13H2,2-4H3,(H,22,23). The molecule has 0 atom stereocenters. The van der Waals surface area contributed by atoms with Crippen LogP contribution in [0.15, 0.2) is 54.6 Å². The molecule has 0 spiro atoms. The Bertz CT molecular complexity index is 721. The fourth-order valence-corrected chi connectivity index (χ4v) is 2.23. The highest BCUT2D eigenvalue weighted by Crippen LogP contribution is 2.17. The van der Waals surface area contributed by atoms with Crippen LogP contribution in [0.2, 0.25) is 0 Å². The Morgan fingerprint density at radius 1 is 1.12 bits per heavy atom. The van der Waals surface area contributed by atoms with Crippen LogP contribution in [-0.2, 0) is 4.79 Å². The predicted octanol–water partition coefficient (Wildman–Crippen LogP) is 4.31. The van der Waals surface area contributed by atoms with Crippen molar-refractivity contribution < 1.29 is 9.53 Å². The Kier molecular flexibility index (Phi) is 6.01. The number of aryl methyl sites for hydroxylation is 2. The minimum atomic E-state index is -0.0921. The third-order valence-electron chi connectivity index (χ3n) is 3.44. The third-order valence-corrected chi connectivity index (χ3v) is 3.44. The molecule has 2 aromatic rings. The fourth-order valence-electron chi connectivity index (χ4n) is 2.23. The largest absolute Gasteiger partial charge is 0.489 e. The molecule has 0 aliphatic carbocycles. The molecule has 0 unspecified atom stereocenters. The van der Waals surface area contributed by atoms with Crippen molar-refractivity contribution >= 4 is 17.3 Å². The monoisotopic (exact) mass is 324 g/mol. The Morgan fingerprint density at radius 3 is 2.46 bits per heavy atom. The second-order valence-corrected chi connectivity index (χ2v) is 5.99. The van der Waals surface area contributed by atoms with E-state index in [4.69, 9.17) is 4.74 Å². The first-order valence-corrected chi connectivity index (χ1v) is 7.92. The van der Waals surface area contributed by atoms with E-state index in [1.165, 1.54) is 5.56 Å². The van der Waals surface area contributed by atoms with E-state index in [1.807, 2.05) is 57.2 Å². The summed E-state index contributed by atoms with van der Waals surface area (Å²) in [4.78, 5) is 12.0. The quantitative estimate of drug-likeness (QED) is 0.746. The van der Waals surface area contributed by atoms with E-state index in [1.54, 1.807) is 0 Å². The first-order valence-electron chi connectivity index (χ1n) is 7.92. The molecule has 0 radical (unpaired) electrons. The van der Waals surface area contributed by atoms with Gasteiger partial charge in [-0.15, -0.1) is 0 Å². The van der Waals surface area contributed by atoms with Gasteiger partial charge < -0.3 is 15.4 Å². The van der Waals surface area contributed by atoms with Gasteiger partial charge in [-0.1, -0.05) is 24.3 Å². The minimum Gasteiger partial charge on any atom is -0.489 e. The van der Waals surface area contributed by atoms with Crippen LogP contribution in [0.5, 0.6) is 5.75 Å². The number of rotatable bonds is 7. The molecule has 0 fully saturated rings. The van der Waals surface area contributed by atoms with Gasteiger partial charge in [0.2, 0.25) is 5.91 Å². The maximum atomic E-state index is 12.0. The zero-order valence-corrected chi connectivity index (χ0v) is 14.5. The van der Waals surface area contributed by atoms with Crippen molar-refractivity contribution in [1.82, 2.24) is 0 Å². The maximum absolute atomic E-state index is 12.0. The number of ether oxygens (including phenoxy) is 1. The summed E-state index contributed by atoms with van der Waals surface area (Å²) in [6, 6.07) is 13.4. The molecule has 1 amide bonds. The van der Waals surface area contributed by atoms with Crippen molar-refractivity contribution in [3.8, 4) is 5.75 Å². The van der Waals surface area contributed by atoms with Gasteiger partial charge in [0, 0.05) is 11.4 Å². The summed E-state index contributed by atoms with van der Waals surface area (Å²) in [6.07, 6.45) is 0. The van der Waals surface area contributed by atoms with Gasteiger partial charge in [0.25, 0.3) is 0 Å². The summed E-state index contributed by atoms with van der Waals surface area (Å²) >= 11 is 0. The van der Waals surface area contributed by atoms with Crippen molar-refractivity contribution in [1.29, 1.82) is 0 Å². The van der Waals surface area contributed by atoms with E-state index in [9.17, 15) is 4.79 Å². The molecule has 4 nitrogen and oxygen atoms in total. The number of amides is 1. The first-order chi connectivity index (χ1) is 11.4. The van der Waals surface area contributed by atoms with Crippen molar-refractivity contribution in [2.45, 2.75) is 20.8 Å². The highest BCUT2D eigenvalue weighted by molar-refractivity contribution is 5.93. The molecule has 2 aromatic carbocycles. The molecule has 2 rings (SSSR count). The lowest BCUT2D eigenvalue weighted by atomic mass is 10.1. The van der Waals surface area contributed by atoms with Gasteiger partial charge in [0.1, 0.15) is 12.4 Å². The SMILES string of the molecule is C=C(C)COc1ccc(NC(=O)CNc2ccc(C)cc2C)cc1. The molecule has 24 heavy (non-hydrogen) atoms. The van der Waals surface area contributed by atoms with Crippen LogP contribution in [-0.4, -0.2) is 19.1 Å². The van der Waals surface area contributed by atoms with Crippen molar-refractivity contribution in [2.24, 2.45) is 0 Å². The molecular formula is C20H24N2O2. The third kappa shape index (κ3) is 5.47. The summed E-state index contributed by atoms with van der Waals surface area (Å²) < 4.78 is 5.53. The van der Waals surface area contributed by atoms with Crippen LogP contribution in [0.4, 0.5) is 11.4 Å². The number of benzene rings is 2. The molecule has 2 N–H and O–H groups in total. The number of hydrogen-bond acceptors (Lipinski definition) is 3. The van der Waals surface area contributed by atoms with Crippen LogP contribution >= 0.6 is 0 Å². The number of carbonyl (C=O) groups excluding carboxylic acids is 1.